The van der Waals surface area contributed by atoms with Gasteiger partial charge in [0.2, 0.25) is 5.78 Å². The number of ether oxygens (including phenoxy) is 1. The van der Waals surface area contributed by atoms with Crippen LogP contribution in [0.25, 0.3) is 11.0 Å². The first kappa shape index (κ1) is 28.8. The number of hydrogen-bond donors (Lipinski definition) is 2. The molecule has 0 saturated carbocycles. The number of methoxy groups -OCH3 is 1. The van der Waals surface area contributed by atoms with Crippen molar-refractivity contribution < 1.29 is 29.0 Å². The van der Waals surface area contributed by atoms with Crippen molar-refractivity contribution in [3.05, 3.63) is 96.3 Å². The average molecular weight is 599 g/mol. The van der Waals surface area contributed by atoms with E-state index in [2.05, 4.69) is 20.6 Å². The number of amides is 2. The molecule has 0 atom stereocenters. The van der Waals surface area contributed by atoms with Gasteiger partial charge in [-0.05, 0) is 18.2 Å². The molecule has 0 spiro atoms. The number of ketones is 1. The average Bonchev–Trinajstić information content (AvgIpc) is 2.94. The van der Waals surface area contributed by atoms with Crippen molar-refractivity contribution in [2.45, 2.75) is 6.42 Å². The van der Waals surface area contributed by atoms with Gasteiger partial charge in [0.15, 0.2) is 5.69 Å². The number of nitrogens with one attached hydrogen (secondary N) is 2. The van der Waals surface area contributed by atoms with Gasteiger partial charge in [-0.2, -0.15) is 0 Å². The Morgan fingerprint density at radius 1 is 0.878 bits per heavy atom. The number of carbonyl (C=O) groups is 3. The van der Waals surface area contributed by atoms with Gasteiger partial charge in [0.25, 0.3) is 23.2 Å². The second-order valence-corrected chi connectivity index (χ2v) is 9.01. The van der Waals surface area contributed by atoms with Crippen LogP contribution in [0.4, 0.5) is 22.7 Å². The van der Waals surface area contributed by atoms with Gasteiger partial charge in [-0.3, -0.25) is 34.6 Å². The number of halogens is 2. The number of hydrogen-bond acceptors (Lipinski definition) is 10. The third-order valence-corrected chi connectivity index (χ3v) is 6.15. The van der Waals surface area contributed by atoms with Crippen molar-refractivity contribution in [1.29, 1.82) is 0 Å². The number of nitrogens with zero attached hydrogens (tertiary/aromatic N) is 4. The standard InChI is InChI=1S/C25H16Cl2N6O8/c1-41-21-5-3-2-4-17(21)30-25(36)23-19(28-18-10-12(32(37)38)6-7-16(18)29-23)11-20(34)24(35)31-22-14(26)8-13(33(39)40)9-15(22)27/h2-10H,11H2,1H3,(H,30,36)(H,31,35). The van der Waals surface area contributed by atoms with E-state index in [-0.39, 0.29) is 49.5 Å². The molecule has 0 aliphatic rings. The van der Waals surface area contributed by atoms with Crippen molar-refractivity contribution in [1.82, 2.24) is 9.97 Å². The number of fused-ring (bicyclic) bond motifs is 1. The van der Waals surface area contributed by atoms with E-state index >= 15 is 0 Å². The molecule has 208 valence electrons. The Morgan fingerprint density at radius 2 is 1.54 bits per heavy atom. The molecule has 0 unspecified atom stereocenters. The molecule has 0 aliphatic carbocycles. The Bertz CT molecular complexity index is 1740. The second kappa shape index (κ2) is 11.9. The Labute approximate surface area is 239 Å². The Balaban J connectivity index is 1.69. The summed E-state index contributed by atoms with van der Waals surface area (Å²) in [5.74, 6) is -2.80. The zero-order valence-corrected chi connectivity index (χ0v) is 22.2. The minimum Gasteiger partial charge on any atom is -0.495 e. The number of aromatic nitrogens is 2. The number of nitro groups is 2. The fourth-order valence-electron chi connectivity index (χ4n) is 3.63. The molecule has 3 aromatic carbocycles. The van der Waals surface area contributed by atoms with Crippen molar-refractivity contribution >= 4 is 74.6 Å². The summed E-state index contributed by atoms with van der Waals surface area (Å²) in [6.45, 7) is 0. The lowest BCUT2D eigenvalue weighted by molar-refractivity contribution is -0.385. The number of anilines is 2. The summed E-state index contributed by atoms with van der Waals surface area (Å²) < 4.78 is 5.23. The lowest BCUT2D eigenvalue weighted by Crippen LogP contribution is -2.27. The number of para-hydroxylation sites is 2. The molecule has 16 heteroatoms. The lowest BCUT2D eigenvalue weighted by atomic mass is 10.1. The van der Waals surface area contributed by atoms with Gasteiger partial charge < -0.3 is 15.4 Å². The normalized spacial score (nSPS) is 10.6. The molecule has 2 N–H and O–H groups in total. The molecule has 2 amide bonds. The molecule has 41 heavy (non-hydrogen) atoms. The fourth-order valence-corrected chi connectivity index (χ4v) is 4.20. The van der Waals surface area contributed by atoms with Gasteiger partial charge in [-0.15, -0.1) is 0 Å². The summed E-state index contributed by atoms with van der Waals surface area (Å²) in [6.07, 6.45) is -0.756. The maximum atomic E-state index is 13.3. The quantitative estimate of drug-likeness (QED) is 0.154. The predicted molar refractivity (Wildman–Crippen MR) is 148 cm³/mol. The van der Waals surface area contributed by atoms with E-state index in [0.29, 0.717) is 5.75 Å². The number of nitro benzene ring substituents is 2. The topological polar surface area (TPSA) is 197 Å². The van der Waals surface area contributed by atoms with E-state index in [9.17, 15) is 34.6 Å². The van der Waals surface area contributed by atoms with Crippen molar-refractivity contribution in [3.8, 4) is 5.75 Å². The Hall–Kier alpha value is -5.21. The molecule has 14 nitrogen and oxygen atoms in total. The Morgan fingerprint density at radius 3 is 2.17 bits per heavy atom. The third kappa shape index (κ3) is 6.34. The van der Waals surface area contributed by atoms with Gasteiger partial charge in [0.1, 0.15) is 5.75 Å². The van der Waals surface area contributed by atoms with Crippen LogP contribution in [-0.4, -0.2) is 44.5 Å². The van der Waals surface area contributed by atoms with Crippen LogP contribution in [0.1, 0.15) is 16.2 Å². The first-order valence-electron chi connectivity index (χ1n) is 11.4. The van der Waals surface area contributed by atoms with Crippen molar-refractivity contribution in [2.24, 2.45) is 0 Å². The minimum atomic E-state index is -1.22. The monoisotopic (exact) mass is 598 g/mol. The summed E-state index contributed by atoms with van der Waals surface area (Å²) in [7, 11) is 1.40. The van der Waals surface area contributed by atoms with E-state index in [0.717, 1.165) is 18.2 Å². The first-order chi connectivity index (χ1) is 19.5. The number of non-ortho nitro benzene ring substituents is 2. The molecule has 0 bridgehead atoms. The van der Waals surface area contributed by atoms with Gasteiger partial charge in [0.05, 0.1) is 61.5 Å². The van der Waals surface area contributed by atoms with Gasteiger partial charge in [0, 0.05) is 24.3 Å². The van der Waals surface area contributed by atoms with E-state index < -0.39 is 39.6 Å². The maximum Gasteiger partial charge on any atom is 0.292 e. The molecular weight excluding hydrogens is 583 g/mol. The number of Topliss-reactive ketones (excluding diaryl/α,β-unsaturated/α-hetero) is 1. The zero-order chi connectivity index (χ0) is 29.8. The molecule has 4 aromatic rings. The van der Waals surface area contributed by atoms with Gasteiger partial charge in [-0.1, -0.05) is 35.3 Å². The largest absolute Gasteiger partial charge is 0.495 e. The highest BCUT2D eigenvalue weighted by atomic mass is 35.5. The van der Waals surface area contributed by atoms with Crippen LogP contribution in [0.5, 0.6) is 5.75 Å². The van der Waals surface area contributed by atoms with Crippen LogP contribution in [-0.2, 0) is 16.0 Å². The highest BCUT2D eigenvalue weighted by molar-refractivity contribution is 6.45. The molecule has 1 aromatic heterocycles. The Kier molecular flexibility index (Phi) is 8.35. The molecule has 0 saturated heterocycles. The molecule has 0 radical (unpaired) electrons. The highest BCUT2D eigenvalue weighted by Gasteiger charge is 2.25. The molecule has 1 heterocycles. The summed E-state index contributed by atoms with van der Waals surface area (Å²) in [4.78, 5) is 68.2. The van der Waals surface area contributed by atoms with Crippen LogP contribution in [0.15, 0.2) is 54.6 Å². The third-order valence-electron chi connectivity index (χ3n) is 5.56. The summed E-state index contributed by atoms with van der Waals surface area (Å²) in [5, 5.41) is 26.5. The molecule has 0 aliphatic heterocycles. The van der Waals surface area contributed by atoms with E-state index in [1.165, 1.54) is 19.2 Å². The summed E-state index contributed by atoms with van der Waals surface area (Å²) in [5.41, 5.74) is -1.18. The van der Waals surface area contributed by atoms with Crippen LogP contribution in [0, 0.1) is 20.2 Å². The fraction of sp³-hybridized carbons (Fsp3) is 0.0800. The van der Waals surface area contributed by atoms with Crippen LogP contribution in [0.2, 0.25) is 10.0 Å². The second-order valence-electron chi connectivity index (χ2n) is 8.20. The number of carbonyl (C=O) groups excluding carboxylic acids is 3. The molecule has 0 fully saturated rings. The highest BCUT2D eigenvalue weighted by Crippen LogP contribution is 2.34. The van der Waals surface area contributed by atoms with E-state index in [4.69, 9.17) is 27.9 Å². The van der Waals surface area contributed by atoms with Crippen molar-refractivity contribution in [2.75, 3.05) is 17.7 Å². The zero-order valence-electron chi connectivity index (χ0n) is 20.7. The van der Waals surface area contributed by atoms with E-state index in [1.807, 2.05) is 0 Å². The van der Waals surface area contributed by atoms with Gasteiger partial charge >= 0.3 is 0 Å². The van der Waals surface area contributed by atoms with Gasteiger partial charge in [-0.25, -0.2) is 9.97 Å². The molecular formula is C25H16Cl2N6O8. The van der Waals surface area contributed by atoms with Crippen LogP contribution >= 0.6 is 23.2 Å². The summed E-state index contributed by atoms with van der Waals surface area (Å²) in [6, 6.07) is 11.9. The number of rotatable bonds is 9. The SMILES string of the molecule is COc1ccccc1NC(=O)c1nc2ccc([N+](=O)[O-])cc2nc1CC(=O)C(=O)Nc1c(Cl)cc([N+](=O)[O-])cc1Cl. The predicted octanol–water partition coefficient (Wildman–Crippen LogP) is 4.76. The summed E-state index contributed by atoms with van der Waals surface area (Å²) >= 11 is 12.0. The van der Waals surface area contributed by atoms with Crippen LogP contribution in [0.3, 0.4) is 0 Å². The number of benzene rings is 3. The maximum absolute atomic E-state index is 13.3. The van der Waals surface area contributed by atoms with Crippen LogP contribution < -0.4 is 15.4 Å². The van der Waals surface area contributed by atoms with E-state index in [1.54, 1.807) is 24.3 Å². The first-order valence-corrected chi connectivity index (χ1v) is 12.1. The van der Waals surface area contributed by atoms with Crippen molar-refractivity contribution in [3.63, 3.8) is 0 Å². The molecule has 4 rings (SSSR count). The lowest BCUT2D eigenvalue weighted by Gasteiger charge is -2.13. The smallest absolute Gasteiger partial charge is 0.292 e. The minimum absolute atomic E-state index is 0.00212.